The van der Waals surface area contributed by atoms with Crippen molar-refractivity contribution in [1.82, 2.24) is 9.97 Å². The van der Waals surface area contributed by atoms with Gasteiger partial charge < -0.3 is 21.3 Å². The topological polar surface area (TPSA) is 124 Å². The number of nitrogen functional groups attached to an aromatic ring is 1. The van der Waals surface area contributed by atoms with E-state index in [1.54, 1.807) is 54.6 Å². The first-order chi connectivity index (χ1) is 18.0. The molecule has 0 saturated heterocycles. The van der Waals surface area contributed by atoms with Crippen LogP contribution in [0.15, 0.2) is 78.9 Å². The molecule has 4 aromatic rings. The Labute approximate surface area is 216 Å². The standard InChI is InChI=1S/C28H25F3N4O3/c1-16-5-4-6-19(13-16)20-7-2-3-8-21(20)25(28(29,30)31)38-24-15-23(34-27(33)35-24)18-11-9-17(10-12-18)14-22(32)26(36)37/h2-13,15,22,25H,14,32H2,1H3,(H,36,37)(H2,33,34,35)/t22-,25?/m0/s1. The summed E-state index contributed by atoms with van der Waals surface area (Å²) in [6, 6.07) is 20.2. The highest BCUT2D eigenvalue weighted by atomic mass is 19.4. The number of carboxylic acid groups (broad SMARTS) is 1. The summed E-state index contributed by atoms with van der Waals surface area (Å²) in [4.78, 5) is 19.0. The molecule has 196 valence electrons. The summed E-state index contributed by atoms with van der Waals surface area (Å²) in [5.74, 6) is -1.73. The number of carboxylic acids is 1. The molecule has 4 rings (SSSR count). The summed E-state index contributed by atoms with van der Waals surface area (Å²) < 4.78 is 48.5. The number of rotatable bonds is 8. The van der Waals surface area contributed by atoms with Gasteiger partial charge in [-0.25, -0.2) is 4.98 Å². The zero-order valence-corrected chi connectivity index (χ0v) is 20.3. The van der Waals surface area contributed by atoms with Crippen molar-refractivity contribution in [2.24, 2.45) is 5.73 Å². The molecule has 10 heteroatoms. The van der Waals surface area contributed by atoms with Gasteiger partial charge in [-0.3, -0.25) is 4.79 Å². The van der Waals surface area contributed by atoms with Gasteiger partial charge in [0.1, 0.15) is 6.04 Å². The Morgan fingerprint density at radius 1 is 0.974 bits per heavy atom. The summed E-state index contributed by atoms with van der Waals surface area (Å²) in [6.45, 7) is 1.86. The van der Waals surface area contributed by atoms with Crippen molar-refractivity contribution in [1.29, 1.82) is 0 Å². The van der Waals surface area contributed by atoms with Gasteiger partial charge in [0.2, 0.25) is 17.9 Å². The van der Waals surface area contributed by atoms with Gasteiger partial charge in [0, 0.05) is 17.2 Å². The second-order valence-electron chi connectivity index (χ2n) is 8.79. The predicted octanol–water partition coefficient (Wildman–Crippen LogP) is 5.34. The number of hydrogen-bond donors (Lipinski definition) is 3. The van der Waals surface area contributed by atoms with Crippen LogP contribution in [0.4, 0.5) is 19.1 Å². The van der Waals surface area contributed by atoms with Crippen LogP contribution in [-0.2, 0) is 11.2 Å². The van der Waals surface area contributed by atoms with Crippen LogP contribution < -0.4 is 16.2 Å². The molecule has 0 amide bonds. The number of aliphatic carboxylic acids is 1. The van der Waals surface area contributed by atoms with Crippen LogP contribution in [0.2, 0.25) is 0 Å². The molecular formula is C28H25F3N4O3. The fourth-order valence-corrected chi connectivity index (χ4v) is 4.03. The van der Waals surface area contributed by atoms with Gasteiger partial charge in [-0.2, -0.15) is 18.2 Å². The second kappa shape index (κ2) is 10.9. The van der Waals surface area contributed by atoms with Crippen LogP contribution in [-0.4, -0.2) is 33.3 Å². The minimum absolute atomic E-state index is 0.0662. The van der Waals surface area contributed by atoms with Crippen molar-refractivity contribution < 1.29 is 27.8 Å². The Kier molecular flexibility index (Phi) is 7.63. The van der Waals surface area contributed by atoms with Crippen LogP contribution in [0.3, 0.4) is 0 Å². The summed E-state index contributed by atoms with van der Waals surface area (Å²) in [7, 11) is 0. The SMILES string of the molecule is Cc1cccc(-c2ccccc2C(Oc2cc(-c3ccc(C[C@H](N)C(=O)O)cc3)nc(N)n2)C(F)(F)F)c1. The average Bonchev–Trinajstić information content (AvgIpc) is 2.87. The molecule has 1 aromatic heterocycles. The summed E-state index contributed by atoms with van der Waals surface area (Å²) >= 11 is 0. The molecule has 0 radical (unpaired) electrons. The van der Waals surface area contributed by atoms with Crippen molar-refractivity contribution in [2.45, 2.75) is 31.7 Å². The molecule has 5 N–H and O–H groups in total. The largest absolute Gasteiger partial charge is 0.480 e. The predicted molar refractivity (Wildman–Crippen MR) is 137 cm³/mol. The Morgan fingerprint density at radius 3 is 2.34 bits per heavy atom. The minimum Gasteiger partial charge on any atom is -0.480 e. The molecule has 0 aliphatic carbocycles. The molecule has 1 heterocycles. The van der Waals surface area contributed by atoms with Crippen molar-refractivity contribution in [2.75, 3.05) is 5.73 Å². The first kappa shape index (κ1) is 26.6. The zero-order valence-electron chi connectivity index (χ0n) is 20.3. The van der Waals surface area contributed by atoms with Crippen LogP contribution in [0.1, 0.15) is 22.8 Å². The summed E-state index contributed by atoms with van der Waals surface area (Å²) in [5.41, 5.74) is 14.7. The molecule has 38 heavy (non-hydrogen) atoms. The van der Waals surface area contributed by atoms with Gasteiger partial charge in [-0.15, -0.1) is 0 Å². The molecule has 0 saturated carbocycles. The molecule has 1 unspecified atom stereocenters. The van der Waals surface area contributed by atoms with E-state index in [1.807, 2.05) is 13.0 Å². The van der Waals surface area contributed by atoms with E-state index in [9.17, 15) is 18.0 Å². The third-order valence-electron chi connectivity index (χ3n) is 5.85. The Hall–Kier alpha value is -4.44. The molecule has 0 aliphatic heterocycles. The van der Waals surface area contributed by atoms with E-state index < -0.39 is 24.3 Å². The lowest BCUT2D eigenvalue weighted by molar-refractivity contribution is -0.198. The third kappa shape index (κ3) is 6.27. The average molecular weight is 523 g/mol. The number of aryl methyl sites for hydroxylation is 1. The number of benzene rings is 3. The van der Waals surface area contributed by atoms with Gasteiger partial charge >= 0.3 is 12.1 Å². The van der Waals surface area contributed by atoms with E-state index in [1.165, 1.54) is 18.2 Å². The van der Waals surface area contributed by atoms with Crippen LogP contribution >= 0.6 is 0 Å². The third-order valence-corrected chi connectivity index (χ3v) is 5.85. The first-order valence-electron chi connectivity index (χ1n) is 11.6. The quantitative estimate of drug-likeness (QED) is 0.285. The summed E-state index contributed by atoms with van der Waals surface area (Å²) in [6.07, 6.45) is -6.96. The van der Waals surface area contributed by atoms with E-state index in [2.05, 4.69) is 9.97 Å². The molecule has 3 aromatic carbocycles. The monoisotopic (exact) mass is 522 g/mol. The number of nitrogens with two attached hydrogens (primary N) is 2. The van der Waals surface area contributed by atoms with Crippen LogP contribution in [0, 0.1) is 6.92 Å². The molecule has 0 aliphatic rings. The lowest BCUT2D eigenvalue weighted by atomic mass is 9.95. The zero-order chi connectivity index (χ0) is 27.4. The number of alkyl halides is 3. The highest BCUT2D eigenvalue weighted by Crippen LogP contribution is 2.41. The first-order valence-corrected chi connectivity index (χ1v) is 11.6. The van der Waals surface area contributed by atoms with Crippen molar-refractivity contribution >= 4 is 11.9 Å². The molecule has 2 atom stereocenters. The van der Waals surface area contributed by atoms with Gasteiger partial charge in [-0.05, 0) is 30.0 Å². The lowest BCUT2D eigenvalue weighted by Gasteiger charge is -2.24. The van der Waals surface area contributed by atoms with E-state index in [-0.39, 0.29) is 29.5 Å². The van der Waals surface area contributed by atoms with Gasteiger partial charge in [0.15, 0.2) is 0 Å². The number of ether oxygens (including phenoxy) is 1. The smallest absolute Gasteiger partial charge is 0.429 e. The number of aromatic nitrogens is 2. The minimum atomic E-state index is -4.76. The number of carbonyl (C=O) groups is 1. The number of halogens is 3. The molecule has 0 bridgehead atoms. The summed E-state index contributed by atoms with van der Waals surface area (Å²) in [5, 5.41) is 8.99. The highest BCUT2D eigenvalue weighted by Gasteiger charge is 2.44. The van der Waals surface area contributed by atoms with E-state index in [4.69, 9.17) is 21.3 Å². The van der Waals surface area contributed by atoms with Crippen molar-refractivity contribution in [3.8, 4) is 28.3 Å². The van der Waals surface area contributed by atoms with E-state index in [0.29, 0.717) is 22.3 Å². The van der Waals surface area contributed by atoms with Crippen molar-refractivity contribution in [3.05, 3.63) is 95.6 Å². The van der Waals surface area contributed by atoms with Crippen molar-refractivity contribution in [3.63, 3.8) is 0 Å². The Balaban J connectivity index is 1.68. The van der Waals surface area contributed by atoms with E-state index >= 15 is 0 Å². The maximum absolute atomic E-state index is 14.3. The molecule has 7 nitrogen and oxygen atoms in total. The Bertz CT molecular complexity index is 1440. The molecular weight excluding hydrogens is 497 g/mol. The van der Waals surface area contributed by atoms with Gasteiger partial charge in [-0.1, -0.05) is 78.4 Å². The second-order valence-corrected chi connectivity index (χ2v) is 8.79. The van der Waals surface area contributed by atoms with Crippen LogP contribution in [0.25, 0.3) is 22.4 Å². The van der Waals surface area contributed by atoms with Crippen LogP contribution in [0.5, 0.6) is 5.88 Å². The fourth-order valence-electron chi connectivity index (χ4n) is 4.03. The molecule has 0 fully saturated rings. The molecule has 0 spiro atoms. The number of anilines is 1. The normalized spacial score (nSPS) is 13.1. The van der Waals surface area contributed by atoms with E-state index in [0.717, 1.165) is 5.56 Å². The number of hydrogen-bond acceptors (Lipinski definition) is 6. The lowest BCUT2D eigenvalue weighted by Crippen LogP contribution is -2.32. The maximum atomic E-state index is 14.3. The highest BCUT2D eigenvalue weighted by molar-refractivity contribution is 5.73. The number of nitrogens with zero attached hydrogens (tertiary/aromatic N) is 2. The van der Waals surface area contributed by atoms with Gasteiger partial charge in [0.05, 0.1) is 5.69 Å². The Morgan fingerprint density at radius 2 is 1.68 bits per heavy atom. The fraction of sp³-hybridized carbons (Fsp3) is 0.179. The maximum Gasteiger partial charge on any atom is 0.429 e. The van der Waals surface area contributed by atoms with Gasteiger partial charge in [0.25, 0.3) is 0 Å².